The van der Waals surface area contributed by atoms with E-state index in [0.717, 1.165) is 0 Å². The molecule has 0 atom stereocenters. The lowest BCUT2D eigenvalue weighted by Crippen LogP contribution is -2.52. The lowest BCUT2D eigenvalue weighted by atomic mass is 9.79. The summed E-state index contributed by atoms with van der Waals surface area (Å²) in [4.78, 5) is 0. The maximum Gasteiger partial charge on any atom is 0.108 e. The second-order valence-electron chi connectivity index (χ2n) is 6.50. The zero-order chi connectivity index (χ0) is 13.6. The van der Waals surface area contributed by atoms with E-state index in [0.29, 0.717) is 5.92 Å². The first-order chi connectivity index (χ1) is 9.76. The molecule has 2 aliphatic rings. The molecular weight excluding hydrogens is 244 g/mol. The maximum absolute atomic E-state index is 3.80. The highest BCUT2D eigenvalue weighted by molar-refractivity contribution is 6.05. The molecule has 2 N–H and O–H groups in total. The van der Waals surface area contributed by atoms with Gasteiger partial charge in [-0.15, -0.1) is 0 Å². The first-order valence-electron chi connectivity index (χ1n) is 7.84. The first kappa shape index (κ1) is 12.1. The summed E-state index contributed by atoms with van der Waals surface area (Å²) in [5.74, 6) is 0.708. The predicted molar refractivity (Wildman–Crippen MR) is 86.2 cm³/mol. The summed E-state index contributed by atoms with van der Waals surface area (Å²) < 4.78 is 0. The molecule has 0 aromatic heterocycles. The van der Waals surface area contributed by atoms with Gasteiger partial charge in [-0.2, -0.15) is 0 Å². The van der Waals surface area contributed by atoms with E-state index in [1.54, 1.807) is 0 Å². The van der Waals surface area contributed by atoms with Crippen molar-refractivity contribution in [3.63, 3.8) is 0 Å². The van der Waals surface area contributed by atoms with Crippen molar-refractivity contribution < 1.29 is 0 Å². The second kappa shape index (κ2) is 4.41. The highest BCUT2D eigenvalue weighted by Gasteiger charge is 2.37. The van der Waals surface area contributed by atoms with Crippen molar-refractivity contribution in [2.24, 2.45) is 5.92 Å². The van der Waals surface area contributed by atoms with Crippen LogP contribution >= 0.6 is 0 Å². The van der Waals surface area contributed by atoms with Crippen LogP contribution < -0.4 is 10.6 Å². The van der Waals surface area contributed by atoms with E-state index in [1.165, 1.54) is 54.3 Å². The lowest BCUT2D eigenvalue weighted by Gasteiger charge is -2.45. The van der Waals surface area contributed by atoms with Crippen LogP contribution in [0, 0.1) is 5.92 Å². The second-order valence-corrected chi connectivity index (χ2v) is 6.50. The molecular formula is C18H22N2. The number of benzene rings is 2. The van der Waals surface area contributed by atoms with Gasteiger partial charge in [0.15, 0.2) is 0 Å². The van der Waals surface area contributed by atoms with Crippen LogP contribution in [0.25, 0.3) is 10.8 Å². The molecule has 4 rings (SSSR count). The molecule has 0 amide bonds. The molecule has 0 bridgehead atoms. The van der Waals surface area contributed by atoms with Gasteiger partial charge in [-0.3, -0.25) is 0 Å². The average molecular weight is 266 g/mol. The summed E-state index contributed by atoms with van der Waals surface area (Å²) >= 11 is 0. The molecule has 0 unspecified atom stereocenters. The number of hydrogen-bond donors (Lipinski definition) is 2. The molecule has 1 aliphatic heterocycles. The Hall–Kier alpha value is -1.70. The summed E-state index contributed by atoms with van der Waals surface area (Å²) in [6, 6.07) is 13.1. The Balaban J connectivity index is 1.78. The van der Waals surface area contributed by atoms with Gasteiger partial charge in [0.2, 0.25) is 0 Å². The van der Waals surface area contributed by atoms with Crippen molar-refractivity contribution in [3.05, 3.63) is 36.4 Å². The molecule has 20 heavy (non-hydrogen) atoms. The van der Waals surface area contributed by atoms with Gasteiger partial charge in [0.05, 0.1) is 0 Å². The molecule has 1 fully saturated rings. The molecule has 2 aromatic carbocycles. The SMILES string of the molecule is CC1(C2CCCCC2)Nc2cccc3cccc(c23)N1. The third kappa shape index (κ3) is 1.78. The zero-order valence-corrected chi connectivity index (χ0v) is 12.1. The monoisotopic (exact) mass is 266 g/mol. The largest absolute Gasteiger partial charge is 0.362 e. The standard InChI is InChI=1S/C18H22N2/c1-18(14-9-3-2-4-10-14)19-15-11-5-7-13-8-6-12-16(20-18)17(13)15/h5-8,11-12,14,19-20H,2-4,9-10H2,1H3. The van der Waals surface area contributed by atoms with E-state index in [9.17, 15) is 0 Å². The van der Waals surface area contributed by atoms with Crippen molar-refractivity contribution in [2.75, 3.05) is 10.6 Å². The Morgan fingerprint density at radius 1 is 0.900 bits per heavy atom. The number of rotatable bonds is 1. The van der Waals surface area contributed by atoms with Gasteiger partial charge < -0.3 is 10.6 Å². The molecule has 1 aliphatic carbocycles. The highest BCUT2D eigenvalue weighted by atomic mass is 15.2. The van der Waals surface area contributed by atoms with Gasteiger partial charge >= 0.3 is 0 Å². The smallest absolute Gasteiger partial charge is 0.108 e. The van der Waals surface area contributed by atoms with Crippen molar-refractivity contribution >= 4 is 22.1 Å². The fraction of sp³-hybridized carbons (Fsp3) is 0.444. The van der Waals surface area contributed by atoms with Crippen LogP contribution in [-0.2, 0) is 0 Å². The van der Waals surface area contributed by atoms with E-state index >= 15 is 0 Å². The van der Waals surface area contributed by atoms with Crippen LogP contribution in [0.3, 0.4) is 0 Å². The Bertz CT molecular complexity index is 600. The molecule has 2 nitrogen and oxygen atoms in total. The van der Waals surface area contributed by atoms with Gasteiger partial charge in [0, 0.05) is 22.7 Å². The normalized spacial score (nSPS) is 21.2. The van der Waals surface area contributed by atoms with Gasteiger partial charge in [-0.1, -0.05) is 43.5 Å². The molecule has 1 heterocycles. The van der Waals surface area contributed by atoms with Gasteiger partial charge in [0.1, 0.15) is 5.66 Å². The molecule has 0 saturated heterocycles. The van der Waals surface area contributed by atoms with E-state index in [4.69, 9.17) is 0 Å². The summed E-state index contributed by atoms with van der Waals surface area (Å²) in [6.07, 6.45) is 6.80. The Kier molecular flexibility index (Phi) is 2.66. The molecule has 0 radical (unpaired) electrons. The van der Waals surface area contributed by atoms with Gasteiger partial charge in [-0.05, 0) is 37.3 Å². The molecule has 0 spiro atoms. The number of hydrogen-bond acceptors (Lipinski definition) is 2. The van der Waals surface area contributed by atoms with Crippen molar-refractivity contribution in [1.82, 2.24) is 0 Å². The minimum atomic E-state index is -0.0109. The lowest BCUT2D eigenvalue weighted by molar-refractivity contribution is 0.264. The Labute approximate surface area is 120 Å². The third-order valence-corrected chi connectivity index (χ3v) is 5.12. The number of nitrogens with one attached hydrogen (secondary N) is 2. The fourth-order valence-corrected chi connectivity index (χ4v) is 4.02. The minimum absolute atomic E-state index is 0.0109. The maximum atomic E-state index is 3.80. The van der Waals surface area contributed by atoms with Gasteiger partial charge in [-0.25, -0.2) is 0 Å². The topological polar surface area (TPSA) is 24.1 Å². The van der Waals surface area contributed by atoms with E-state index < -0.39 is 0 Å². The van der Waals surface area contributed by atoms with Crippen LogP contribution in [0.15, 0.2) is 36.4 Å². The van der Waals surface area contributed by atoms with E-state index in [1.807, 2.05) is 0 Å². The van der Waals surface area contributed by atoms with Crippen LogP contribution in [0.1, 0.15) is 39.0 Å². The molecule has 2 aromatic rings. The summed E-state index contributed by atoms with van der Waals surface area (Å²) in [5.41, 5.74) is 2.55. The van der Waals surface area contributed by atoms with Crippen LogP contribution in [0.4, 0.5) is 11.4 Å². The fourth-order valence-electron chi connectivity index (χ4n) is 4.02. The predicted octanol–water partition coefficient (Wildman–Crippen LogP) is 4.97. The summed E-state index contributed by atoms with van der Waals surface area (Å²) in [7, 11) is 0. The highest BCUT2D eigenvalue weighted by Crippen LogP contribution is 2.43. The average Bonchev–Trinajstić information content (AvgIpc) is 2.48. The summed E-state index contributed by atoms with van der Waals surface area (Å²) in [6.45, 7) is 2.33. The Morgan fingerprint density at radius 2 is 1.50 bits per heavy atom. The van der Waals surface area contributed by atoms with E-state index in [2.05, 4.69) is 54.0 Å². The van der Waals surface area contributed by atoms with Gasteiger partial charge in [0.25, 0.3) is 0 Å². The van der Waals surface area contributed by atoms with E-state index in [-0.39, 0.29) is 5.66 Å². The number of anilines is 2. The van der Waals surface area contributed by atoms with Crippen LogP contribution in [0.5, 0.6) is 0 Å². The third-order valence-electron chi connectivity index (χ3n) is 5.12. The minimum Gasteiger partial charge on any atom is -0.362 e. The van der Waals surface area contributed by atoms with Crippen molar-refractivity contribution in [3.8, 4) is 0 Å². The molecule has 1 saturated carbocycles. The first-order valence-corrected chi connectivity index (χ1v) is 7.84. The molecule has 2 heteroatoms. The summed E-state index contributed by atoms with van der Waals surface area (Å²) in [5, 5.41) is 10.2. The molecule has 104 valence electrons. The van der Waals surface area contributed by atoms with Crippen LogP contribution in [-0.4, -0.2) is 5.66 Å². The van der Waals surface area contributed by atoms with Crippen molar-refractivity contribution in [1.29, 1.82) is 0 Å². The van der Waals surface area contributed by atoms with Crippen molar-refractivity contribution in [2.45, 2.75) is 44.7 Å². The Morgan fingerprint density at radius 3 is 2.10 bits per heavy atom. The zero-order valence-electron chi connectivity index (χ0n) is 12.1. The van der Waals surface area contributed by atoms with Crippen LogP contribution in [0.2, 0.25) is 0 Å². The quantitative estimate of drug-likeness (QED) is 0.761.